The van der Waals surface area contributed by atoms with E-state index in [0.29, 0.717) is 0 Å². The van der Waals surface area contributed by atoms with Crippen LogP contribution in [0.2, 0.25) is 0 Å². The van der Waals surface area contributed by atoms with Gasteiger partial charge in [-0.1, -0.05) is 0 Å². The van der Waals surface area contributed by atoms with Crippen molar-refractivity contribution in [3.63, 3.8) is 0 Å². The van der Waals surface area contributed by atoms with E-state index in [-0.39, 0.29) is 6.10 Å². The molecular formula is C11H15NO2. The molecule has 1 N–H and O–H groups in total. The van der Waals surface area contributed by atoms with E-state index < -0.39 is 0 Å². The molecule has 0 amide bonds. The summed E-state index contributed by atoms with van der Waals surface area (Å²) in [5.74, 6) is 1.89. The number of likely N-dealkylation sites (N-methyl/N-ethyl adjacent to an activating group) is 1. The lowest BCUT2D eigenvalue weighted by Gasteiger charge is -2.08. The number of methoxy groups -OCH3 is 1. The van der Waals surface area contributed by atoms with E-state index >= 15 is 0 Å². The Hall–Kier alpha value is -1.22. The number of rotatable bonds is 3. The Morgan fingerprint density at radius 3 is 3.14 bits per heavy atom. The molecule has 0 saturated heterocycles. The van der Waals surface area contributed by atoms with Gasteiger partial charge >= 0.3 is 0 Å². The first kappa shape index (κ1) is 9.34. The van der Waals surface area contributed by atoms with Gasteiger partial charge < -0.3 is 14.8 Å². The first-order valence-corrected chi connectivity index (χ1v) is 4.81. The summed E-state index contributed by atoms with van der Waals surface area (Å²) < 4.78 is 10.9. The molecule has 3 nitrogen and oxygen atoms in total. The number of nitrogens with one attached hydrogen (secondary N) is 1. The smallest absolute Gasteiger partial charge is 0.123 e. The summed E-state index contributed by atoms with van der Waals surface area (Å²) in [6, 6.07) is 5.95. The highest BCUT2D eigenvalue weighted by Crippen LogP contribution is 2.31. The molecule has 3 heteroatoms. The SMILES string of the molecule is CNCC1Cc2cc(OC)ccc2O1. The van der Waals surface area contributed by atoms with Crippen molar-refractivity contribution in [3.8, 4) is 11.5 Å². The van der Waals surface area contributed by atoms with E-state index in [1.165, 1.54) is 5.56 Å². The molecule has 1 atom stereocenters. The topological polar surface area (TPSA) is 30.5 Å². The van der Waals surface area contributed by atoms with Crippen molar-refractivity contribution in [2.75, 3.05) is 20.7 Å². The maximum Gasteiger partial charge on any atom is 0.123 e. The van der Waals surface area contributed by atoms with Crippen molar-refractivity contribution < 1.29 is 9.47 Å². The zero-order chi connectivity index (χ0) is 9.97. The van der Waals surface area contributed by atoms with Gasteiger partial charge in [0, 0.05) is 18.5 Å². The van der Waals surface area contributed by atoms with Gasteiger partial charge in [-0.3, -0.25) is 0 Å². The Bertz CT molecular complexity index is 325. The lowest BCUT2D eigenvalue weighted by Crippen LogP contribution is -2.27. The molecule has 1 heterocycles. The van der Waals surface area contributed by atoms with Crippen molar-refractivity contribution in [2.24, 2.45) is 0 Å². The molecule has 1 aromatic rings. The van der Waals surface area contributed by atoms with Crippen molar-refractivity contribution in [3.05, 3.63) is 23.8 Å². The summed E-state index contributed by atoms with van der Waals surface area (Å²) in [6.07, 6.45) is 1.23. The Morgan fingerprint density at radius 2 is 2.43 bits per heavy atom. The van der Waals surface area contributed by atoms with Crippen LogP contribution in [-0.2, 0) is 6.42 Å². The normalized spacial score (nSPS) is 18.9. The molecule has 2 rings (SSSR count). The fraction of sp³-hybridized carbons (Fsp3) is 0.455. The second kappa shape index (κ2) is 3.88. The predicted octanol–water partition coefficient (Wildman–Crippen LogP) is 1.22. The van der Waals surface area contributed by atoms with E-state index in [4.69, 9.17) is 9.47 Å². The average Bonchev–Trinajstić information content (AvgIpc) is 2.59. The molecule has 76 valence electrons. The molecule has 0 bridgehead atoms. The van der Waals surface area contributed by atoms with Crippen molar-refractivity contribution >= 4 is 0 Å². The summed E-state index contributed by atoms with van der Waals surface area (Å²) in [4.78, 5) is 0. The van der Waals surface area contributed by atoms with Gasteiger partial charge in [0.25, 0.3) is 0 Å². The van der Waals surface area contributed by atoms with Crippen LogP contribution in [-0.4, -0.2) is 26.8 Å². The predicted molar refractivity (Wildman–Crippen MR) is 55.0 cm³/mol. The van der Waals surface area contributed by atoms with E-state index in [1.54, 1.807) is 7.11 Å². The summed E-state index contributed by atoms with van der Waals surface area (Å²) in [5.41, 5.74) is 1.24. The zero-order valence-electron chi connectivity index (χ0n) is 8.54. The lowest BCUT2D eigenvalue weighted by atomic mass is 10.1. The Balaban J connectivity index is 2.14. The third-order valence-electron chi connectivity index (χ3n) is 2.44. The van der Waals surface area contributed by atoms with Crippen LogP contribution in [0.5, 0.6) is 11.5 Å². The molecule has 1 aliphatic heterocycles. The highest BCUT2D eigenvalue weighted by atomic mass is 16.5. The van der Waals surface area contributed by atoms with Gasteiger partial charge in [0.2, 0.25) is 0 Å². The maximum absolute atomic E-state index is 5.73. The minimum absolute atomic E-state index is 0.266. The van der Waals surface area contributed by atoms with Crippen molar-refractivity contribution in [2.45, 2.75) is 12.5 Å². The van der Waals surface area contributed by atoms with Crippen LogP contribution >= 0.6 is 0 Å². The van der Waals surface area contributed by atoms with E-state index in [9.17, 15) is 0 Å². The van der Waals surface area contributed by atoms with Crippen LogP contribution in [0.25, 0.3) is 0 Å². The van der Waals surface area contributed by atoms with Gasteiger partial charge in [0.1, 0.15) is 17.6 Å². The molecular weight excluding hydrogens is 178 g/mol. The number of benzene rings is 1. The van der Waals surface area contributed by atoms with Crippen LogP contribution in [0, 0.1) is 0 Å². The molecule has 0 spiro atoms. The monoisotopic (exact) mass is 193 g/mol. The Labute approximate surface area is 84.0 Å². The summed E-state index contributed by atoms with van der Waals surface area (Å²) in [6.45, 7) is 0.886. The summed E-state index contributed by atoms with van der Waals surface area (Å²) >= 11 is 0. The minimum Gasteiger partial charge on any atom is -0.497 e. The van der Waals surface area contributed by atoms with E-state index in [2.05, 4.69) is 5.32 Å². The van der Waals surface area contributed by atoms with Crippen LogP contribution < -0.4 is 14.8 Å². The molecule has 0 aliphatic carbocycles. The fourth-order valence-electron chi connectivity index (χ4n) is 1.77. The molecule has 1 aliphatic rings. The molecule has 1 unspecified atom stereocenters. The number of ether oxygens (including phenoxy) is 2. The van der Waals surface area contributed by atoms with Gasteiger partial charge in [0.05, 0.1) is 7.11 Å². The van der Waals surface area contributed by atoms with E-state index in [0.717, 1.165) is 24.5 Å². The second-order valence-electron chi connectivity index (χ2n) is 3.48. The largest absolute Gasteiger partial charge is 0.497 e. The van der Waals surface area contributed by atoms with E-state index in [1.807, 2.05) is 25.2 Å². The molecule has 0 aromatic heterocycles. The number of fused-ring (bicyclic) bond motifs is 1. The fourth-order valence-corrected chi connectivity index (χ4v) is 1.77. The van der Waals surface area contributed by atoms with Gasteiger partial charge in [-0.25, -0.2) is 0 Å². The average molecular weight is 193 g/mol. The number of hydrogen-bond donors (Lipinski definition) is 1. The van der Waals surface area contributed by atoms with Crippen LogP contribution in [0.15, 0.2) is 18.2 Å². The minimum atomic E-state index is 0.266. The van der Waals surface area contributed by atoms with Gasteiger partial charge in [-0.15, -0.1) is 0 Å². The van der Waals surface area contributed by atoms with Crippen LogP contribution in [0.4, 0.5) is 0 Å². The first-order valence-electron chi connectivity index (χ1n) is 4.81. The Kier molecular flexibility index (Phi) is 2.59. The van der Waals surface area contributed by atoms with Crippen molar-refractivity contribution in [1.82, 2.24) is 5.32 Å². The summed E-state index contributed by atoms with van der Waals surface area (Å²) in [5, 5.41) is 3.12. The molecule has 1 aromatic carbocycles. The summed E-state index contributed by atoms with van der Waals surface area (Å²) in [7, 11) is 3.62. The first-order chi connectivity index (χ1) is 6.83. The molecule has 14 heavy (non-hydrogen) atoms. The number of hydrogen-bond acceptors (Lipinski definition) is 3. The highest BCUT2D eigenvalue weighted by Gasteiger charge is 2.22. The van der Waals surface area contributed by atoms with Crippen LogP contribution in [0.3, 0.4) is 0 Å². The standard InChI is InChI=1S/C11H15NO2/c1-12-7-10-6-8-5-9(13-2)3-4-11(8)14-10/h3-5,10,12H,6-7H2,1-2H3. The molecule has 0 saturated carbocycles. The lowest BCUT2D eigenvalue weighted by molar-refractivity contribution is 0.231. The Morgan fingerprint density at radius 1 is 1.57 bits per heavy atom. The van der Waals surface area contributed by atoms with Gasteiger partial charge in [-0.05, 0) is 25.2 Å². The third kappa shape index (κ3) is 1.68. The second-order valence-corrected chi connectivity index (χ2v) is 3.48. The quantitative estimate of drug-likeness (QED) is 0.783. The maximum atomic E-state index is 5.73. The zero-order valence-corrected chi connectivity index (χ0v) is 8.54. The highest BCUT2D eigenvalue weighted by molar-refractivity contribution is 5.43. The molecule has 0 fully saturated rings. The van der Waals surface area contributed by atoms with Gasteiger partial charge in [0.15, 0.2) is 0 Å². The van der Waals surface area contributed by atoms with Crippen LogP contribution in [0.1, 0.15) is 5.56 Å². The third-order valence-corrected chi connectivity index (χ3v) is 2.44. The van der Waals surface area contributed by atoms with Crippen molar-refractivity contribution in [1.29, 1.82) is 0 Å². The molecule has 0 radical (unpaired) electrons. The van der Waals surface area contributed by atoms with Gasteiger partial charge in [-0.2, -0.15) is 0 Å².